The van der Waals surface area contributed by atoms with Crippen LogP contribution in [0.4, 0.5) is 0 Å². The molecule has 0 radical (unpaired) electrons. The Kier molecular flexibility index (Phi) is 29.4. The molecule has 0 aliphatic carbocycles. The van der Waals surface area contributed by atoms with Crippen LogP contribution in [0.25, 0.3) is 0 Å². The molecule has 2 aliphatic rings. The standard InChI is InChI=1S/C52H89NO2/c1-3-5-7-9-11-13-15-17-19-21-22-24-26-28-30-32-34-38-48-42-50(52-44-49(47-55-52)46-53-39-35-36-40-53)45-51(43-48)54-41-37-33-31-29-27-25-23-20-18-16-14-12-10-8-6-4-2/h17-20,42-43,45,47,52H,3-16,21-41,44,46H2,1-2H3/b19-17-,20-18-. The quantitative estimate of drug-likeness (QED) is 0.0498. The van der Waals surface area contributed by atoms with E-state index >= 15 is 0 Å². The van der Waals surface area contributed by atoms with Gasteiger partial charge in [-0.2, -0.15) is 0 Å². The lowest BCUT2D eigenvalue weighted by atomic mass is 9.98. The zero-order chi connectivity index (χ0) is 38.7. The predicted octanol–water partition coefficient (Wildman–Crippen LogP) is 16.5. The van der Waals surface area contributed by atoms with E-state index in [0.717, 1.165) is 38.2 Å². The lowest BCUT2D eigenvalue weighted by molar-refractivity contribution is 0.172. The monoisotopic (exact) mass is 760 g/mol. The number of allylic oxidation sites excluding steroid dienone is 4. The van der Waals surface area contributed by atoms with Gasteiger partial charge in [0.15, 0.2) is 0 Å². The van der Waals surface area contributed by atoms with Gasteiger partial charge in [-0.25, -0.2) is 0 Å². The average Bonchev–Trinajstić information content (AvgIpc) is 3.90. The van der Waals surface area contributed by atoms with E-state index in [1.54, 1.807) is 0 Å². The molecule has 0 spiro atoms. The molecule has 0 aromatic heterocycles. The minimum atomic E-state index is 0.135. The van der Waals surface area contributed by atoms with Crippen LogP contribution in [0.2, 0.25) is 0 Å². The van der Waals surface area contributed by atoms with Crippen molar-refractivity contribution >= 4 is 0 Å². The molecule has 3 rings (SSSR count). The van der Waals surface area contributed by atoms with Crippen molar-refractivity contribution in [3.05, 3.63) is 65.5 Å². The summed E-state index contributed by atoms with van der Waals surface area (Å²) in [6, 6.07) is 7.04. The number of hydrogen-bond donors (Lipinski definition) is 0. The molecule has 2 aliphatic heterocycles. The largest absolute Gasteiger partial charge is 0.494 e. The van der Waals surface area contributed by atoms with Crippen molar-refractivity contribution in [1.29, 1.82) is 0 Å². The topological polar surface area (TPSA) is 21.7 Å². The summed E-state index contributed by atoms with van der Waals surface area (Å²) in [4.78, 5) is 2.59. The zero-order valence-corrected chi connectivity index (χ0v) is 36.6. The molecule has 0 bridgehead atoms. The fraction of sp³-hybridized carbons (Fsp3) is 0.769. The third-order valence-electron chi connectivity index (χ3n) is 12.0. The van der Waals surface area contributed by atoms with Crippen LogP contribution < -0.4 is 4.74 Å². The van der Waals surface area contributed by atoms with Gasteiger partial charge in [-0.3, -0.25) is 4.90 Å². The van der Waals surface area contributed by atoms with Gasteiger partial charge in [0.05, 0.1) is 12.9 Å². The van der Waals surface area contributed by atoms with Crippen LogP contribution in [0.3, 0.4) is 0 Å². The highest BCUT2D eigenvalue weighted by Gasteiger charge is 2.24. The highest BCUT2D eigenvalue weighted by molar-refractivity contribution is 5.37. The molecular weight excluding hydrogens is 671 g/mol. The predicted molar refractivity (Wildman–Crippen MR) is 241 cm³/mol. The number of aryl methyl sites for hydroxylation is 1. The number of rotatable bonds is 37. The van der Waals surface area contributed by atoms with Crippen molar-refractivity contribution in [1.82, 2.24) is 4.90 Å². The average molecular weight is 760 g/mol. The molecule has 1 saturated heterocycles. The van der Waals surface area contributed by atoms with E-state index < -0.39 is 0 Å². The van der Waals surface area contributed by atoms with Gasteiger partial charge >= 0.3 is 0 Å². The lowest BCUT2D eigenvalue weighted by Gasteiger charge is -2.17. The molecule has 1 atom stereocenters. The SMILES string of the molecule is CCCCCCCC/C=C\CCCCCCCCCc1cc(OCCCCCCCC/C=C\CCCCCCCC)cc(C2CC(CN3CCCC3)=CO2)c1. The first-order valence-electron chi connectivity index (χ1n) is 24.4. The zero-order valence-electron chi connectivity index (χ0n) is 36.6. The fourth-order valence-electron chi connectivity index (χ4n) is 8.43. The molecule has 0 saturated carbocycles. The summed E-state index contributed by atoms with van der Waals surface area (Å²) in [5.74, 6) is 1.05. The van der Waals surface area contributed by atoms with Crippen molar-refractivity contribution in [2.45, 2.75) is 232 Å². The van der Waals surface area contributed by atoms with E-state index in [2.05, 4.69) is 67.5 Å². The highest BCUT2D eigenvalue weighted by atomic mass is 16.5. The minimum Gasteiger partial charge on any atom is -0.494 e. The van der Waals surface area contributed by atoms with Crippen LogP contribution in [0.15, 0.2) is 54.3 Å². The number of hydrogen-bond acceptors (Lipinski definition) is 3. The van der Waals surface area contributed by atoms with Crippen molar-refractivity contribution < 1.29 is 9.47 Å². The summed E-state index contributed by atoms with van der Waals surface area (Å²) in [6.07, 6.45) is 55.9. The third-order valence-corrected chi connectivity index (χ3v) is 12.0. The van der Waals surface area contributed by atoms with E-state index in [-0.39, 0.29) is 6.10 Å². The van der Waals surface area contributed by atoms with Gasteiger partial charge in [-0.1, -0.05) is 166 Å². The van der Waals surface area contributed by atoms with Crippen LogP contribution in [0, 0.1) is 0 Å². The maximum absolute atomic E-state index is 6.44. The normalized spacial score (nSPS) is 16.2. The molecule has 0 N–H and O–H groups in total. The molecule has 55 heavy (non-hydrogen) atoms. The van der Waals surface area contributed by atoms with Gasteiger partial charge < -0.3 is 9.47 Å². The number of ether oxygens (including phenoxy) is 2. The van der Waals surface area contributed by atoms with Crippen LogP contribution >= 0.6 is 0 Å². The van der Waals surface area contributed by atoms with E-state index in [4.69, 9.17) is 9.47 Å². The number of nitrogens with zero attached hydrogens (tertiary/aromatic N) is 1. The Morgan fingerprint density at radius 1 is 0.564 bits per heavy atom. The molecule has 1 aromatic rings. The summed E-state index contributed by atoms with van der Waals surface area (Å²) in [5, 5.41) is 0. The molecule has 3 heteroatoms. The maximum atomic E-state index is 6.44. The minimum absolute atomic E-state index is 0.135. The smallest absolute Gasteiger partial charge is 0.127 e. The van der Waals surface area contributed by atoms with Crippen LogP contribution in [0.5, 0.6) is 5.75 Å². The first-order valence-corrected chi connectivity index (χ1v) is 24.4. The number of unbranched alkanes of at least 4 members (excludes halogenated alkanes) is 25. The second kappa shape index (κ2) is 34.1. The van der Waals surface area contributed by atoms with Crippen molar-refractivity contribution in [2.24, 2.45) is 0 Å². The molecule has 3 nitrogen and oxygen atoms in total. The summed E-state index contributed by atoms with van der Waals surface area (Å²) in [5.41, 5.74) is 4.19. The second-order valence-corrected chi connectivity index (χ2v) is 17.3. The van der Waals surface area contributed by atoms with Gasteiger partial charge in [0, 0.05) is 13.0 Å². The van der Waals surface area contributed by atoms with Gasteiger partial charge in [0.2, 0.25) is 0 Å². The Morgan fingerprint density at radius 3 is 1.56 bits per heavy atom. The van der Waals surface area contributed by atoms with Crippen LogP contribution in [0.1, 0.15) is 237 Å². The Bertz CT molecular complexity index is 1050. The van der Waals surface area contributed by atoms with E-state index in [1.165, 1.54) is 222 Å². The Labute approximate surface area is 342 Å². The molecule has 1 aromatic carbocycles. The molecular formula is C52H89NO2. The fourth-order valence-corrected chi connectivity index (χ4v) is 8.43. The lowest BCUT2D eigenvalue weighted by Crippen LogP contribution is -2.21. The van der Waals surface area contributed by atoms with Gasteiger partial charge in [-0.05, 0) is 125 Å². The van der Waals surface area contributed by atoms with Crippen LogP contribution in [-0.4, -0.2) is 31.1 Å². The van der Waals surface area contributed by atoms with Crippen LogP contribution in [-0.2, 0) is 11.2 Å². The van der Waals surface area contributed by atoms with Gasteiger partial charge in [0.1, 0.15) is 11.9 Å². The van der Waals surface area contributed by atoms with E-state index in [0.29, 0.717) is 0 Å². The summed E-state index contributed by atoms with van der Waals surface area (Å²) < 4.78 is 12.7. The van der Waals surface area contributed by atoms with Crippen molar-refractivity contribution in [3.63, 3.8) is 0 Å². The van der Waals surface area contributed by atoms with Gasteiger partial charge in [0.25, 0.3) is 0 Å². The molecule has 1 fully saturated rings. The Hall–Kier alpha value is -2.00. The summed E-state index contributed by atoms with van der Waals surface area (Å²) in [7, 11) is 0. The maximum Gasteiger partial charge on any atom is 0.127 e. The molecule has 314 valence electrons. The molecule has 0 amide bonds. The van der Waals surface area contributed by atoms with Gasteiger partial charge in [-0.15, -0.1) is 0 Å². The second-order valence-electron chi connectivity index (χ2n) is 17.3. The first kappa shape index (κ1) is 47.4. The van der Waals surface area contributed by atoms with E-state index in [1.807, 2.05) is 0 Å². The van der Waals surface area contributed by atoms with Crippen molar-refractivity contribution in [2.75, 3.05) is 26.2 Å². The number of likely N-dealkylation sites (tertiary alicyclic amines) is 1. The molecule has 1 unspecified atom stereocenters. The molecule has 2 heterocycles. The van der Waals surface area contributed by atoms with E-state index in [9.17, 15) is 0 Å². The first-order chi connectivity index (χ1) is 27.3. The third kappa shape index (κ3) is 25.1. The van der Waals surface area contributed by atoms with Crippen molar-refractivity contribution in [3.8, 4) is 5.75 Å². The Balaban J connectivity index is 1.28. The highest BCUT2D eigenvalue weighted by Crippen LogP contribution is 2.35. The summed E-state index contributed by atoms with van der Waals surface area (Å²) in [6.45, 7) is 8.97. The number of benzene rings is 1. The summed E-state index contributed by atoms with van der Waals surface area (Å²) >= 11 is 0. The Morgan fingerprint density at radius 2 is 1.04 bits per heavy atom.